The number of carbonyl (C=O) groups excluding carboxylic acids is 2. The first-order valence-electron chi connectivity index (χ1n) is 7.06. The Morgan fingerprint density at radius 3 is 2.75 bits per heavy atom. The van der Waals surface area contributed by atoms with E-state index in [-0.39, 0.29) is 17.9 Å². The summed E-state index contributed by atoms with van der Waals surface area (Å²) < 4.78 is 5.33. The van der Waals surface area contributed by atoms with Gasteiger partial charge in [0.05, 0.1) is 0 Å². The Morgan fingerprint density at radius 2 is 2.05 bits per heavy atom. The summed E-state index contributed by atoms with van der Waals surface area (Å²) in [5.74, 6) is -0.219. The average molecular weight is 274 g/mol. The highest BCUT2D eigenvalue weighted by Crippen LogP contribution is 2.20. The van der Waals surface area contributed by atoms with E-state index < -0.39 is 0 Å². The SMILES string of the molecule is O=C(NC1CC1)c1cccc(NC(=O)C2CCCO2)c1. The summed E-state index contributed by atoms with van der Waals surface area (Å²) in [4.78, 5) is 23.9. The number of hydrogen-bond donors (Lipinski definition) is 2. The molecule has 5 nitrogen and oxygen atoms in total. The number of benzene rings is 1. The molecule has 1 aliphatic carbocycles. The third-order valence-corrected chi connectivity index (χ3v) is 3.53. The number of nitrogens with one attached hydrogen (secondary N) is 2. The summed E-state index contributed by atoms with van der Waals surface area (Å²) in [5, 5.41) is 5.73. The fraction of sp³-hybridized carbons (Fsp3) is 0.467. The highest BCUT2D eigenvalue weighted by atomic mass is 16.5. The first-order valence-corrected chi connectivity index (χ1v) is 7.06. The van der Waals surface area contributed by atoms with Crippen LogP contribution in [-0.2, 0) is 9.53 Å². The molecule has 1 aromatic rings. The molecule has 20 heavy (non-hydrogen) atoms. The van der Waals surface area contributed by atoms with Gasteiger partial charge in [-0.1, -0.05) is 6.07 Å². The Kier molecular flexibility index (Phi) is 3.69. The number of carbonyl (C=O) groups is 2. The Labute approximate surface area is 117 Å². The standard InChI is InChI=1S/C15H18N2O3/c18-14(16-11-6-7-11)10-3-1-4-12(9-10)17-15(19)13-5-2-8-20-13/h1,3-4,9,11,13H,2,5-8H2,(H,16,18)(H,17,19). The number of ether oxygens (including phenoxy) is 1. The minimum atomic E-state index is -0.362. The van der Waals surface area contributed by atoms with E-state index in [0.717, 1.165) is 25.7 Å². The van der Waals surface area contributed by atoms with Gasteiger partial charge in [-0.25, -0.2) is 0 Å². The van der Waals surface area contributed by atoms with Gasteiger partial charge in [0, 0.05) is 23.9 Å². The quantitative estimate of drug-likeness (QED) is 0.878. The predicted molar refractivity (Wildman–Crippen MR) is 74.5 cm³/mol. The van der Waals surface area contributed by atoms with Crippen LogP contribution in [0.5, 0.6) is 0 Å². The molecule has 2 fully saturated rings. The van der Waals surface area contributed by atoms with Crippen molar-refractivity contribution in [3.63, 3.8) is 0 Å². The van der Waals surface area contributed by atoms with E-state index in [4.69, 9.17) is 4.74 Å². The van der Waals surface area contributed by atoms with Gasteiger partial charge < -0.3 is 15.4 Å². The van der Waals surface area contributed by atoms with Crippen LogP contribution in [0, 0.1) is 0 Å². The average Bonchev–Trinajstić information content (AvgIpc) is 3.08. The highest BCUT2D eigenvalue weighted by molar-refractivity contribution is 5.98. The van der Waals surface area contributed by atoms with Gasteiger partial charge in [0.2, 0.25) is 0 Å². The summed E-state index contributed by atoms with van der Waals surface area (Å²) in [7, 11) is 0. The lowest BCUT2D eigenvalue weighted by molar-refractivity contribution is -0.124. The Balaban J connectivity index is 1.63. The van der Waals surface area contributed by atoms with Crippen molar-refractivity contribution in [2.45, 2.75) is 37.8 Å². The number of amides is 2. The first-order chi connectivity index (χ1) is 9.72. The zero-order valence-electron chi connectivity index (χ0n) is 11.2. The molecule has 1 atom stereocenters. The predicted octanol–water partition coefficient (Wildman–Crippen LogP) is 1.70. The lowest BCUT2D eigenvalue weighted by Gasteiger charge is -2.11. The smallest absolute Gasteiger partial charge is 0.253 e. The van der Waals surface area contributed by atoms with Gasteiger partial charge in [0.15, 0.2) is 0 Å². The molecule has 0 bridgehead atoms. The molecule has 1 saturated carbocycles. The van der Waals surface area contributed by atoms with Gasteiger partial charge in [-0.2, -0.15) is 0 Å². The monoisotopic (exact) mass is 274 g/mol. The lowest BCUT2D eigenvalue weighted by Crippen LogP contribution is -2.27. The second-order valence-electron chi connectivity index (χ2n) is 5.32. The molecule has 1 heterocycles. The molecule has 0 aromatic heterocycles. The van der Waals surface area contributed by atoms with E-state index >= 15 is 0 Å². The largest absolute Gasteiger partial charge is 0.368 e. The van der Waals surface area contributed by atoms with Crippen LogP contribution in [0.1, 0.15) is 36.0 Å². The summed E-state index contributed by atoms with van der Waals surface area (Å²) in [5.41, 5.74) is 1.20. The van der Waals surface area contributed by atoms with Crippen LogP contribution in [-0.4, -0.2) is 30.6 Å². The Bertz CT molecular complexity index is 520. The molecule has 1 unspecified atom stereocenters. The van der Waals surface area contributed by atoms with Gasteiger partial charge in [0.1, 0.15) is 6.10 Å². The third-order valence-electron chi connectivity index (χ3n) is 3.53. The molecule has 106 valence electrons. The van der Waals surface area contributed by atoms with Crippen molar-refractivity contribution in [3.05, 3.63) is 29.8 Å². The molecule has 0 spiro atoms. The zero-order valence-corrected chi connectivity index (χ0v) is 11.2. The Hall–Kier alpha value is -1.88. The van der Waals surface area contributed by atoms with Crippen LogP contribution in [0.25, 0.3) is 0 Å². The van der Waals surface area contributed by atoms with Crippen LogP contribution in [0.3, 0.4) is 0 Å². The molecule has 3 rings (SSSR count). The van der Waals surface area contributed by atoms with Crippen LogP contribution >= 0.6 is 0 Å². The van der Waals surface area contributed by atoms with E-state index in [1.54, 1.807) is 24.3 Å². The van der Waals surface area contributed by atoms with Crippen molar-refractivity contribution in [2.75, 3.05) is 11.9 Å². The van der Waals surface area contributed by atoms with Crippen molar-refractivity contribution in [3.8, 4) is 0 Å². The van der Waals surface area contributed by atoms with Gasteiger partial charge >= 0.3 is 0 Å². The van der Waals surface area contributed by atoms with Crippen molar-refractivity contribution in [1.29, 1.82) is 0 Å². The number of anilines is 1. The minimum Gasteiger partial charge on any atom is -0.368 e. The lowest BCUT2D eigenvalue weighted by atomic mass is 10.1. The van der Waals surface area contributed by atoms with E-state index in [9.17, 15) is 9.59 Å². The fourth-order valence-corrected chi connectivity index (χ4v) is 2.24. The maximum absolute atomic E-state index is 11.9. The van der Waals surface area contributed by atoms with E-state index in [2.05, 4.69) is 10.6 Å². The zero-order chi connectivity index (χ0) is 13.9. The number of rotatable bonds is 4. The van der Waals surface area contributed by atoms with E-state index in [1.165, 1.54) is 0 Å². The highest BCUT2D eigenvalue weighted by Gasteiger charge is 2.25. The molecule has 1 aromatic carbocycles. The molecule has 5 heteroatoms. The molecular formula is C15H18N2O3. The van der Waals surface area contributed by atoms with Crippen LogP contribution < -0.4 is 10.6 Å². The summed E-state index contributed by atoms with van der Waals surface area (Å²) in [6.45, 7) is 0.641. The van der Waals surface area contributed by atoms with Crippen molar-refractivity contribution >= 4 is 17.5 Å². The van der Waals surface area contributed by atoms with E-state index in [0.29, 0.717) is 23.9 Å². The second kappa shape index (κ2) is 5.63. The molecule has 1 saturated heterocycles. The topological polar surface area (TPSA) is 67.4 Å². The van der Waals surface area contributed by atoms with Gasteiger partial charge in [0.25, 0.3) is 11.8 Å². The van der Waals surface area contributed by atoms with Crippen molar-refractivity contribution in [1.82, 2.24) is 5.32 Å². The van der Waals surface area contributed by atoms with Crippen molar-refractivity contribution < 1.29 is 14.3 Å². The first kappa shape index (κ1) is 13.1. The summed E-state index contributed by atoms with van der Waals surface area (Å²) >= 11 is 0. The van der Waals surface area contributed by atoms with Crippen LogP contribution in [0.15, 0.2) is 24.3 Å². The molecule has 0 radical (unpaired) electrons. The van der Waals surface area contributed by atoms with Crippen LogP contribution in [0.2, 0.25) is 0 Å². The number of hydrogen-bond acceptors (Lipinski definition) is 3. The van der Waals surface area contributed by atoms with Crippen molar-refractivity contribution in [2.24, 2.45) is 0 Å². The molecular weight excluding hydrogens is 256 g/mol. The molecule has 2 amide bonds. The molecule has 1 aliphatic heterocycles. The van der Waals surface area contributed by atoms with Gasteiger partial charge in [-0.3, -0.25) is 9.59 Å². The third kappa shape index (κ3) is 3.17. The fourth-order valence-electron chi connectivity index (χ4n) is 2.24. The molecule has 2 aliphatic rings. The van der Waals surface area contributed by atoms with Crippen LogP contribution in [0.4, 0.5) is 5.69 Å². The summed E-state index contributed by atoms with van der Waals surface area (Å²) in [6.07, 6.45) is 3.43. The second-order valence-corrected chi connectivity index (χ2v) is 5.32. The minimum absolute atomic E-state index is 0.0827. The normalized spacial score (nSPS) is 21.5. The maximum atomic E-state index is 11.9. The maximum Gasteiger partial charge on any atom is 0.253 e. The summed E-state index contributed by atoms with van der Waals surface area (Å²) in [6, 6.07) is 7.32. The van der Waals surface area contributed by atoms with Gasteiger partial charge in [-0.15, -0.1) is 0 Å². The van der Waals surface area contributed by atoms with E-state index in [1.807, 2.05) is 0 Å². The Morgan fingerprint density at radius 1 is 1.20 bits per heavy atom. The van der Waals surface area contributed by atoms with Gasteiger partial charge in [-0.05, 0) is 43.9 Å². The molecule has 2 N–H and O–H groups in total.